The first-order valence-electron chi connectivity index (χ1n) is 12.2. The number of primary amides is 1. The highest BCUT2D eigenvalue weighted by molar-refractivity contribution is 5.92. The van der Waals surface area contributed by atoms with E-state index in [2.05, 4.69) is 20.9 Å². The molecule has 4 atom stereocenters. The summed E-state index contributed by atoms with van der Waals surface area (Å²) in [5.41, 5.74) is 9.12. The van der Waals surface area contributed by atoms with Crippen LogP contribution in [0, 0.1) is 0 Å². The zero-order valence-electron chi connectivity index (χ0n) is 21.4. The van der Waals surface area contributed by atoms with Crippen molar-refractivity contribution in [2.45, 2.75) is 87.7 Å². The van der Waals surface area contributed by atoms with Gasteiger partial charge in [-0.15, -0.1) is 17.5 Å². The Kier molecular flexibility index (Phi) is 10.0. The normalized spacial score (nSPS) is 22.6. The summed E-state index contributed by atoms with van der Waals surface area (Å²) in [6, 6.07) is -2.91. The molecule has 0 bridgehead atoms. The van der Waals surface area contributed by atoms with E-state index in [0.29, 0.717) is 31.4 Å². The van der Waals surface area contributed by atoms with Crippen molar-refractivity contribution in [3.8, 4) is 0 Å². The number of carboxylic acid groups (broad SMARTS) is 1. The lowest BCUT2D eigenvalue weighted by Gasteiger charge is -2.41. The Hall–Kier alpha value is -3.01. The van der Waals surface area contributed by atoms with Crippen LogP contribution in [0.2, 0.25) is 0 Å². The van der Waals surface area contributed by atoms with Gasteiger partial charge in [-0.3, -0.25) is 14.4 Å². The highest BCUT2D eigenvalue weighted by Gasteiger charge is 2.48. The lowest BCUT2D eigenvalue weighted by Crippen LogP contribution is -2.64. The number of hydrogen-bond acceptors (Lipinski definition) is 9. The van der Waals surface area contributed by atoms with Crippen molar-refractivity contribution >= 4 is 36.2 Å². The molecule has 1 aromatic rings. The number of rotatable bonds is 9. The van der Waals surface area contributed by atoms with Gasteiger partial charge in [0.15, 0.2) is 6.10 Å². The van der Waals surface area contributed by atoms with E-state index >= 15 is 0 Å². The molecule has 0 spiro atoms. The van der Waals surface area contributed by atoms with Crippen LogP contribution in [0.1, 0.15) is 64.1 Å². The molecule has 3 rings (SSSR count). The summed E-state index contributed by atoms with van der Waals surface area (Å²) in [7, 11) is 0. The van der Waals surface area contributed by atoms with Crippen molar-refractivity contribution in [1.29, 1.82) is 0 Å². The number of hydrogen-bond donors (Lipinski definition) is 7. The van der Waals surface area contributed by atoms with Crippen LogP contribution >= 0.6 is 12.4 Å². The van der Waals surface area contributed by atoms with Crippen molar-refractivity contribution < 1.29 is 34.5 Å². The van der Waals surface area contributed by atoms with E-state index in [4.69, 9.17) is 16.6 Å². The maximum absolute atomic E-state index is 13.6. The summed E-state index contributed by atoms with van der Waals surface area (Å²) in [5, 5.41) is 42.8. The predicted molar refractivity (Wildman–Crippen MR) is 135 cm³/mol. The lowest BCUT2D eigenvalue weighted by atomic mass is 9.77. The monoisotopic (exact) mass is 560 g/mol. The molecule has 1 saturated heterocycles. The van der Waals surface area contributed by atoms with Gasteiger partial charge >= 0.3 is 6.09 Å². The number of carbonyl (C=O) groups is 4. The molecule has 38 heavy (non-hydrogen) atoms. The standard InChI is InChI=1S/C22H36N8O7.ClH/c1-21(2,37)15-10-26-28-30(15)12-8-14(29(11-12)19(34)13(23)9-25-20(35)36)18(33)27-22(16(31)17(24)32)6-4-3-5-7-22;/h10,12-14,16,25,31,37H,3-9,11,23H2,1-2H3,(H2,24,32)(H,27,33)(H,35,36);1H/t12-,13+,14-,16?;/m0./s1. The van der Waals surface area contributed by atoms with Gasteiger partial charge in [0.05, 0.1) is 23.5 Å². The lowest BCUT2D eigenvalue weighted by molar-refractivity contribution is -0.143. The molecule has 1 aromatic heterocycles. The van der Waals surface area contributed by atoms with E-state index in [9.17, 15) is 29.4 Å². The van der Waals surface area contributed by atoms with E-state index in [1.54, 1.807) is 13.8 Å². The first kappa shape index (κ1) is 31.2. The number of aliphatic hydroxyl groups excluding tert-OH is 1. The Labute approximate surface area is 225 Å². The number of aliphatic hydroxyl groups is 2. The number of halogens is 1. The minimum absolute atomic E-state index is 0. The number of nitrogens with two attached hydrogens (primary N) is 2. The summed E-state index contributed by atoms with van der Waals surface area (Å²) >= 11 is 0. The number of likely N-dealkylation sites (tertiary alicyclic amines) is 1. The summed E-state index contributed by atoms with van der Waals surface area (Å²) in [5.74, 6) is -2.24. The van der Waals surface area contributed by atoms with Gasteiger partial charge < -0.3 is 42.3 Å². The first-order chi connectivity index (χ1) is 17.3. The second-order valence-electron chi connectivity index (χ2n) is 10.3. The van der Waals surface area contributed by atoms with Gasteiger partial charge in [0.25, 0.3) is 0 Å². The fourth-order valence-electron chi connectivity index (χ4n) is 5.18. The van der Waals surface area contributed by atoms with Crippen LogP contribution in [0.3, 0.4) is 0 Å². The summed E-state index contributed by atoms with van der Waals surface area (Å²) in [6.07, 6.45) is 1.37. The van der Waals surface area contributed by atoms with Gasteiger partial charge in [-0.25, -0.2) is 9.48 Å². The molecule has 15 nitrogen and oxygen atoms in total. The van der Waals surface area contributed by atoms with E-state index < -0.39 is 59.2 Å². The van der Waals surface area contributed by atoms with Gasteiger partial charge in [0, 0.05) is 19.5 Å². The molecule has 1 aliphatic heterocycles. The van der Waals surface area contributed by atoms with Crippen LogP contribution in [0.5, 0.6) is 0 Å². The van der Waals surface area contributed by atoms with E-state index in [-0.39, 0.29) is 31.9 Å². The summed E-state index contributed by atoms with van der Waals surface area (Å²) < 4.78 is 1.45. The van der Waals surface area contributed by atoms with E-state index in [0.717, 1.165) is 6.42 Å². The second-order valence-corrected chi connectivity index (χ2v) is 10.3. The summed E-state index contributed by atoms with van der Waals surface area (Å²) in [6.45, 7) is 2.72. The number of nitrogens with zero attached hydrogens (tertiary/aromatic N) is 4. The minimum atomic E-state index is -1.61. The van der Waals surface area contributed by atoms with Crippen LogP contribution < -0.4 is 22.1 Å². The van der Waals surface area contributed by atoms with Gasteiger partial charge in [-0.05, 0) is 26.7 Å². The molecular weight excluding hydrogens is 524 g/mol. The topological polar surface area (TPSA) is 239 Å². The molecule has 9 N–H and O–H groups in total. The molecule has 0 aromatic carbocycles. The SMILES string of the molecule is CC(C)(O)c1cnnn1[C@H]1C[C@@H](C(=O)NC2(C(O)C(N)=O)CCCCC2)N(C(=O)[C@H](N)CNC(=O)O)C1.Cl. The Balaban J connectivity index is 0.00000507. The van der Waals surface area contributed by atoms with Gasteiger partial charge in [0.1, 0.15) is 17.7 Å². The molecule has 0 radical (unpaired) electrons. The average molecular weight is 561 g/mol. The van der Waals surface area contributed by atoms with Crippen LogP contribution in [0.25, 0.3) is 0 Å². The molecule has 2 aliphatic rings. The summed E-state index contributed by atoms with van der Waals surface area (Å²) in [4.78, 5) is 50.9. The maximum atomic E-state index is 13.6. The molecular formula is C22H37ClN8O7. The molecule has 1 unspecified atom stereocenters. The third kappa shape index (κ3) is 6.70. The highest BCUT2D eigenvalue weighted by atomic mass is 35.5. The van der Waals surface area contributed by atoms with Crippen molar-refractivity contribution in [3.05, 3.63) is 11.9 Å². The largest absolute Gasteiger partial charge is 0.465 e. The van der Waals surface area contributed by atoms with Crippen LogP contribution in [-0.2, 0) is 20.0 Å². The fraction of sp³-hybridized carbons (Fsp3) is 0.727. The molecule has 4 amide bonds. The number of amides is 4. The van der Waals surface area contributed by atoms with Crippen molar-refractivity contribution in [1.82, 2.24) is 30.5 Å². The third-order valence-corrected chi connectivity index (χ3v) is 7.11. The van der Waals surface area contributed by atoms with Gasteiger partial charge in [-0.1, -0.05) is 24.5 Å². The zero-order chi connectivity index (χ0) is 27.5. The molecule has 1 saturated carbocycles. The third-order valence-electron chi connectivity index (χ3n) is 7.11. The van der Waals surface area contributed by atoms with E-state index in [1.807, 2.05) is 0 Å². The van der Waals surface area contributed by atoms with Gasteiger partial charge in [-0.2, -0.15) is 0 Å². The second kappa shape index (κ2) is 12.2. The molecule has 214 valence electrons. The van der Waals surface area contributed by atoms with Crippen LogP contribution in [-0.4, -0.2) is 95.8 Å². The first-order valence-corrected chi connectivity index (χ1v) is 12.2. The minimum Gasteiger partial charge on any atom is -0.465 e. The van der Waals surface area contributed by atoms with Crippen molar-refractivity contribution in [2.75, 3.05) is 13.1 Å². The Morgan fingerprint density at radius 2 is 1.87 bits per heavy atom. The molecule has 16 heteroatoms. The molecule has 2 fully saturated rings. The predicted octanol–water partition coefficient (Wildman–Crippen LogP) is -1.67. The number of carbonyl (C=O) groups excluding carboxylic acids is 3. The van der Waals surface area contributed by atoms with Crippen molar-refractivity contribution in [2.24, 2.45) is 11.5 Å². The zero-order valence-corrected chi connectivity index (χ0v) is 22.2. The molecule has 1 aliphatic carbocycles. The highest BCUT2D eigenvalue weighted by Crippen LogP contribution is 2.34. The fourth-order valence-corrected chi connectivity index (χ4v) is 5.18. The van der Waals surface area contributed by atoms with Gasteiger partial charge in [0.2, 0.25) is 17.7 Å². The number of nitrogens with one attached hydrogen (secondary N) is 2. The average Bonchev–Trinajstić information content (AvgIpc) is 3.49. The van der Waals surface area contributed by atoms with Crippen LogP contribution in [0.15, 0.2) is 6.20 Å². The van der Waals surface area contributed by atoms with E-state index in [1.165, 1.54) is 15.8 Å². The smallest absolute Gasteiger partial charge is 0.404 e. The maximum Gasteiger partial charge on any atom is 0.404 e. The molecule has 2 heterocycles. The Morgan fingerprint density at radius 3 is 2.42 bits per heavy atom. The van der Waals surface area contributed by atoms with Crippen LogP contribution in [0.4, 0.5) is 4.79 Å². The quantitative estimate of drug-likeness (QED) is 0.181. The Bertz CT molecular complexity index is 1020. The van der Waals surface area contributed by atoms with Crippen molar-refractivity contribution in [3.63, 3.8) is 0 Å². The Morgan fingerprint density at radius 1 is 1.24 bits per heavy atom. The number of aromatic nitrogens is 3.